The molecule has 1 N–H and O–H groups in total. The molecule has 0 saturated carbocycles. The van der Waals surface area contributed by atoms with E-state index in [9.17, 15) is 14.5 Å². The number of carbonyl (C=O) groups excluding carboxylic acids is 2. The molecule has 2 atom stereocenters. The Morgan fingerprint density at radius 3 is 1.58 bits per heavy atom. The minimum absolute atomic E-state index is 0.121. The fraction of sp³-hybridized carbons (Fsp3) is 0.837. The highest BCUT2D eigenvalue weighted by molar-refractivity contribution is 7.58. The van der Waals surface area contributed by atoms with E-state index in [1.807, 2.05) is 21.1 Å². The number of ether oxygens (including phenoxy) is 2. The molecule has 8 nitrogen and oxygen atoms in total. The minimum Gasteiger partial charge on any atom is -0.462 e. The van der Waals surface area contributed by atoms with Crippen LogP contribution in [0.3, 0.4) is 0 Å². The Labute approximate surface area is 321 Å². The largest absolute Gasteiger partial charge is 0.462 e. The Morgan fingerprint density at radius 1 is 0.615 bits per heavy atom. The standard InChI is InChI=1S/C43H83NO7P/c1-7-9-11-13-15-17-19-21-22-24-26-28-30-32-34-36-43(46)51-41(40-50-52(6,47)49-38-37-44(3,4)5)39-48-42(45)35-33-31-29-27-25-23-20-18-16-14-12-10-8-2/h15,17,21-22,41,47H,6-14,16,18-20,23-40H2,1-5H3/q+1. The predicted octanol–water partition coefficient (Wildman–Crippen LogP) is 11.7. The molecule has 0 aliphatic heterocycles. The van der Waals surface area contributed by atoms with Crippen LogP contribution in [0.1, 0.15) is 181 Å². The number of likely N-dealkylation sites (N-methyl/N-ethyl adjacent to an activating group) is 1. The van der Waals surface area contributed by atoms with Gasteiger partial charge >= 0.3 is 11.9 Å². The first kappa shape index (κ1) is 50.6. The Kier molecular flexibility index (Phi) is 34.3. The van der Waals surface area contributed by atoms with Gasteiger partial charge in [0.1, 0.15) is 19.8 Å². The Balaban J connectivity index is 4.41. The van der Waals surface area contributed by atoms with Gasteiger partial charge < -0.3 is 27.9 Å². The maximum absolute atomic E-state index is 12.7. The maximum Gasteiger partial charge on any atom is 0.306 e. The Morgan fingerprint density at radius 2 is 1.06 bits per heavy atom. The molecule has 0 aromatic rings. The first-order valence-corrected chi connectivity index (χ1v) is 23.0. The molecule has 9 heteroatoms. The number of hydrogen-bond acceptors (Lipinski definition) is 7. The fourth-order valence-electron chi connectivity index (χ4n) is 5.68. The van der Waals surface area contributed by atoms with Gasteiger partial charge in [0.25, 0.3) is 0 Å². The first-order valence-electron chi connectivity index (χ1n) is 21.2. The van der Waals surface area contributed by atoms with Gasteiger partial charge in [-0.05, 0) is 51.2 Å². The lowest BCUT2D eigenvalue weighted by atomic mass is 10.0. The fourth-order valence-corrected chi connectivity index (χ4v) is 6.52. The van der Waals surface area contributed by atoms with Crippen molar-refractivity contribution in [1.29, 1.82) is 0 Å². The summed E-state index contributed by atoms with van der Waals surface area (Å²) >= 11 is 0. The topological polar surface area (TPSA) is 91.3 Å². The summed E-state index contributed by atoms with van der Waals surface area (Å²) < 4.78 is 23.0. The van der Waals surface area contributed by atoms with Crippen LogP contribution in [0.2, 0.25) is 0 Å². The van der Waals surface area contributed by atoms with Crippen molar-refractivity contribution in [3.05, 3.63) is 24.3 Å². The molecule has 0 amide bonds. The van der Waals surface area contributed by atoms with E-state index in [0.717, 1.165) is 64.2 Å². The van der Waals surface area contributed by atoms with Crippen molar-refractivity contribution < 1.29 is 37.5 Å². The van der Waals surface area contributed by atoms with E-state index in [4.69, 9.17) is 18.5 Å². The zero-order chi connectivity index (χ0) is 38.6. The molecular weight excluding hydrogens is 673 g/mol. The van der Waals surface area contributed by atoms with Gasteiger partial charge in [-0.15, -0.1) is 0 Å². The summed E-state index contributed by atoms with van der Waals surface area (Å²) in [5.74, 6) is -0.666. The van der Waals surface area contributed by atoms with E-state index in [-0.39, 0.29) is 38.2 Å². The third-order valence-electron chi connectivity index (χ3n) is 9.06. The molecular formula is C43H83NO7P+. The van der Waals surface area contributed by atoms with Crippen LogP contribution < -0.4 is 0 Å². The highest BCUT2D eigenvalue weighted by Crippen LogP contribution is 2.42. The number of esters is 2. The van der Waals surface area contributed by atoms with E-state index >= 15 is 0 Å². The molecule has 306 valence electrons. The summed E-state index contributed by atoms with van der Waals surface area (Å²) in [6.45, 7) is 5.17. The van der Waals surface area contributed by atoms with E-state index in [1.165, 1.54) is 89.9 Å². The molecule has 52 heavy (non-hydrogen) atoms. The third kappa shape index (κ3) is 38.3. The lowest BCUT2D eigenvalue weighted by molar-refractivity contribution is -0.870. The van der Waals surface area contributed by atoms with Gasteiger partial charge in [0.15, 0.2) is 6.10 Å². The summed E-state index contributed by atoms with van der Waals surface area (Å²) in [5.41, 5.74) is 0. The number of rotatable bonds is 38. The number of carbonyl (C=O) groups is 2. The van der Waals surface area contributed by atoms with Crippen LogP contribution in [-0.2, 0) is 28.1 Å². The van der Waals surface area contributed by atoms with Crippen LogP contribution in [0, 0.1) is 0 Å². The predicted molar refractivity (Wildman–Crippen MR) is 222 cm³/mol. The summed E-state index contributed by atoms with van der Waals surface area (Å²) in [7, 11) is 2.71. The van der Waals surface area contributed by atoms with Gasteiger partial charge in [0.05, 0.1) is 27.7 Å². The second kappa shape index (κ2) is 35.3. The molecule has 0 spiro atoms. The lowest BCUT2D eigenvalue weighted by Gasteiger charge is -2.26. The lowest BCUT2D eigenvalue weighted by Crippen LogP contribution is -2.37. The monoisotopic (exact) mass is 757 g/mol. The Hall–Kier alpha value is -1.44. The second-order valence-electron chi connectivity index (χ2n) is 15.5. The summed E-state index contributed by atoms with van der Waals surface area (Å²) in [6.07, 6.45) is 41.0. The van der Waals surface area contributed by atoms with E-state index in [0.29, 0.717) is 17.4 Å². The molecule has 0 radical (unpaired) electrons. The molecule has 0 aromatic heterocycles. The van der Waals surface area contributed by atoms with Crippen molar-refractivity contribution in [1.82, 2.24) is 0 Å². The van der Waals surface area contributed by atoms with Crippen molar-refractivity contribution in [2.75, 3.05) is 47.5 Å². The number of allylic oxidation sites excluding steroid dienone is 4. The molecule has 0 heterocycles. The van der Waals surface area contributed by atoms with E-state index in [2.05, 4.69) is 44.5 Å². The molecule has 2 unspecified atom stereocenters. The quantitative estimate of drug-likeness (QED) is 0.0220. The number of quaternary nitrogens is 1. The van der Waals surface area contributed by atoms with Crippen LogP contribution in [0.15, 0.2) is 24.3 Å². The van der Waals surface area contributed by atoms with Gasteiger partial charge in [-0.25, -0.2) is 0 Å². The van der Waals surface area contributed by atoms with Crippen LogP contribution in [0.25, 0.3) is 0 Å². The van der Waals surface area contributed by atoms with Crippen LogP contribution in [0.4, 0.5) is 0 Å². The minimum atomic E-state index is -3.37. The van der Waals surface area contributed by atoms with Crippen LogP contribution >= 0.6 is 7.57 Å². The highest BCUT2D eigenvalue weighted by atomic mass is 31.2. The third-order valence-corrected chi connectivity index (χ3v) is 10.2. The van der Waals surface area contributed by atoms with Crippen molar-refractivity contribution in [2.24, 2.45) is 0 Å². The number of hydrogen-bond donors (Lipinski definition) is 1. The van der Waals surface area contributed by atoms with Crippen LogP contribution in [0.5, 0.6) is 0 Å². The van der Waals surface area contributed by atoms with Gasteiger partial charge in [-0.3, -0.25) is 9.59 Å². The van der Waals surface area contributed by atoms with E-state index in [1.54, 1.807) is 0 Å². The molecule has 0 aromatic carbocycles. The van der Waals surface area contributed by atoms with Gasteiger partial charge in [-0.2, -0.15) is 0 Å². The summed E-state index contributed by atoms with van der Waals surface area (Å²) in [4.78, 5) is 35.8. The maximum atomic E-state index is 12.7. The zero-order valence-corrected chi connectivity index (χ0v) is 35.5. The second-order valence-corrected chi connectivity index (χ2v) is 17.3. The van der Waals surface area contributed by atoms with Crippen LogP contribution in [-0.4, -0.2) is 81.2 Å². The average Bonchev–Trinajstić information content (AvgIpc) is 3.09. The highest BCUT2D eigenvalue weighted by Gasteiger charge is 2.22. The van der Waals surface area contributed by atoms with Crippen molar-refractivity contribution in [3.63, 3.8) is 0 Å². The Bertz CT molecular complexity index is 946. The normalized spacial score (nSPS) is 13.9. The van der Waals surface area contributed by atoms with Crippen molar-refractivity contribution in [3.8, 4) is 0 Å². The van der Waals surface area contributed by atoms with Crippen molar-refractivity contribution in [2.45, 2.75) is 187 Å². The van der Waals surface area contributed by atoms with Gasteiger partial charge in [-0.1, -0.05) is 147 Å². The summed E-state index contributed by atoms with van der Waals surface area (Å²) in [5, 5.41) is 0. The first-order chi connectivity index (χ1) is 25.0. The zero-order valence-electron chi connectivity index (χ0n) is 34.6. The molecule has 0 aliphatic rings. The molecule has 0 aliphatic carbocycles. The molecule has 0 fully saturated rings. The van der Waals surface area contributed by atoms with E-state index < -0.39 is 13.7 Å². The van der Waals surface area contributed by atoms with Gasteiger partial charge in [0, 0.05) is 12.8 Å². The molecule has 0 rings (SSSR count). The summed E-state index contributed by atoms with van der Waals surface area (Å²) in [6, 6.07) is 0. The number of unbranched alkanes of at least 4 members (excludes halogenated alkanes) is 20. The van der Waals surface area contributed by atoms with Crippen molar-refractivity contribution >= 4 is 25.8 Å². The smallest absolute Gasteiger partial charge is 0.306 e. The molecule has 0 bridgehead atoms. The van der Waals surface area contributed by atoms with Gasteiger partial charge in [0.2, 0.25) is 7.57 Å². The average molecular weight is 757 g/mol. The molecule has 0 saturated heterocycles. The number of nitrogens with zero attached hydrogens (tertiary/aromatic N) is 1. The SMILES string of the molecule is C=P(O)(OCC[N+](C)(C)C)OCC(COC(=O)CCCCCCCCCCCCCCC)OC(=O)CCCCCCCC=CCC=CCCCCC.